The molecule has 0 unspecified atom stereocenters. The Kier molecular flexibility index (Phi) is 4.72. The van der Waals surface area contributed by atoms with Crippen molar-refractivity contribution >= 4 is 19.8 Å². The summed E-state index contributed by atoms with van der Waals surface area (Å²) in [6.07, 6.45) is -2.86. The third-order valence-electron chi connectivity index (χ3n) is 1.16. The molecular weight excluding hydrogens is 219 g/mol. The van der Waals surface area contributed by atoms with Crippen LogP contribution in [-0.2, 0) is 18.7 Å². The van der Waals surface area contributed by atoms with Crippen LogP contribution in [0.25, 0.3) is 0 Å². The molecule has 14 heavy (non-hydrogen) atoms. The monoisotopic (exact) mass is 228 g/mol. The number of carboxylic acids is 2. The van der Waals surface area contributed by atoms with Crippen molar-refractivity contribution in [3.63, 3.8) is 0 Å². The normalized spacial score (nSPS) is 13.6. The molecule has 0 saturated heterocycles. The first kappa shape index (κ1) is 13.1. The number of aliphatic carboxylic acids is 2. The summed E-state index contributed by atoms with van der Waals surface area (Å²) in [4.78, 5) is 36.9. The topological polar surface area (TPSA) is 141 Å². The van der Waals surface area contributed by atoms with E-state index in [-0.39, 0.29) is 0 Å². The van der Waals surface area contributed by atoms with E-state index >= 15 is 0 Å². The largest absolute Gasteiger partial charge is 0.481 e. The fourth-order valence-corrected chi connectivity index (χ4v) is 1.17. The molecule has 0 saturated carbocycles. The van der Waals surface area contributed by atoms with Gasteiger partial charge in [0.1, 0.15) is 0 Å². The highest BCUT2D eigenvalue weighted by molar-refractivity contribution is 7.46. The van der Waals surface area contributed by atoms with Gasteiger partial charge < -0.3 is 20.0 Å². The molecule has 9 heteroatoms. The van der Waals surface area contributed by atoms with Crippen LogP contribution >= 0.6 is 7.82 Å². The quantitative estimate of drug-likeness (QED) is 0.442. The van der Waals surface area contributed by atoms with E-state index in [2.05, 4.69) is 4.52 Å². The Bertz CT molecular complexity index is 267. The molecule has 0 aromatic rings. The van der Waals surface area contributed by atoms with Crippen molar-refractivity contribution < 1.29 is 38.7 Å². The van der Waals surface area contributed by atoms with Crippen molar-refractivity contribution in [1.29, 1.82) is 0 Å². The van der Waals surface area contributed by atoms with Gasteiger partial charge in [0.05, 0.1) is 0 Å². The fourth-order valence-electron chi connectivity index (χ4n) is 0.642. The van der Waals surface area contributed by atoms with E-state index in [9.17, 15) is 14.2 Å². The van der Waals surface area contributed by atoms with E-state index in [1.807, 2.05) is 0 Å². The van der Waals surface area contributed by atoms with Crippen LogP contribution in [0, 0.1) is 0 Å². The molecule has 0 aliphatic carbocycles. The molecule has 0 bridgehead atoms. The molecule has 0 radical (unpaired) electrons. The van der Waals surface area contributed by atoms with E-state index in [1.54, 1.807) is 0 Å². The first-order valence-corrected chi connectivity index (χ1v) is 4.94. The van der Waals surface area contributed by atoms with Crippen LogP contribution in [0.1, 0.15) is 12.8 Å². The number of phosphoric ester groups is 1. The van der Waals surface area contributed by atoms with Gasteiger partial charge in [0.25, 0.3) is 0 Å². The van der Waals surface area contributed by atoms with Gasteiger partial charge in [-0.3, -0.25) is 9.32 Å². The van der Waals surface area contributed by atoms with Crippen LogP contribution in [0.4, 0.5) is 0 Å². The lowest BCUT2D eigenvalue weighted by Crippen LogP contribution is -2.23. The summed E-state index contributed by atoms with van der Waals surface area (Å²) in [5.41, 5.74) is 0. The average Bonchev–Trinajstić information content (AvgIpc) is 1.94. The zero-order valence-corrected chi connectivity index (χ0v) is 7.76. The lowest BCUT2D eigenvalue weighted by molar-refractivity contribution is -0.147. The number of rotatable bonds is 6. The van der Waals surface area contributed by atoms with Crippen molar-refractivity contribution in [2.75, 3.05) is 0 Å². The van der Waals surface area contributed by atoms with Crippen LogP contribution in [0.15, 0.2) is 0 Å². The fraction of sp³-hybridized carbons (Fsp3) is 0.600. The van der Waals surface area contributed by atoms with Crippen LogP contribution in [0.2, 0.25) is 0 Å². The summed E-state index contributed by atoms with van der Waals surface area (Å²) in [7, 11) is -4.91. The Morgan fingerprint density at radius 3 is 2.07 bits per heavy atom. The zero-order valence-electron chi connectivity index (χ0n) is 6.86. The first-order chi connectivity index (χ1) is 6.22. The van der Waals surface area contributed by atoms with E-state index in [4.69, 9.17) is 20.0 Å². The van der Waals surface area contributed by atoms with Gasteiger partial charge >= 0.3 is 19.8 Å². The van der Waals surface area contributed by atoms with Crippen molar-refractivity contribution in [3.05, 3.63) is 0 Å². The maximum atomic E-state index is 10.3. The van der Waals surface area contributed by atoms with Gasteiger partial charge in [-0.05, 0) is 6.42 Å². The smallest absolute Gasteiger partial charge is 0.470 e. The predicted molar refractivity (Wildman–Crippen MR) is 41.4 cm³/mol. The van der Waals surface area contributed by atoms with Gasteiger partial charge in [-0.25, -0.2) is 9.36 Å². The molecule has 0 rings (SSSR count). The molecular formula is C5H9O8P. The third kappa shape index (κ3) is 6.55. The van der Waals surface area contributed by atoms with Gasteiger partial charge in [0.15, 0.2) is 6.10 Å². The van der Waals surface area contributed by atoms with Gasteiger partial charge in [-0.1, -0.05) is 0 Å². The van der Waals surface area contributed by atoms with Crippen LogP contribution in [0.3, 0.4) is 0 Å². The van der Waals surface area contributed by atoms with E-state index in [0.717, 1.165) is 0 Å². The highest BCUT2D eigenvalue weighted by atomic mass is 31.2. The summed E-state index contributed by atoms with van der Waals surface area (Å²) in [6, 6.07) is 0. The predicted octanol–water partition coefficient (Wildman–Crippen LogP) is -0.586. The maximum Gasteiger partial charge on any atom is 0.470 e. The molecule has 0 aliphatic rings. The molecule has 0 spiro atoms. The number of carboxylic acid groups (broad SMARTS) is 2. The van der Waals surface area contributed by atoms with E-state index < -0.39 is 38.7 Å². The van der Waals surface area contributed by atoms with Gasteiger partial charge in [0, 0.05) is 6.42 Å². The van der Waals surface area contributed by atoms with Crippen molar-refractivity contribution in [2.45, 2.75) is 18.9 Å². The molecule has 0 fully saturated rings. The Morgan fingerprint density at radius 1 is 1.29 bits per heavy atom. The second-order valence-electron chi connectivity index (χ2n) is 2.36. The summed E-state index contributed by atoms with van der Waals surface area (Å²) >= 11 is 0. The molecule has 82 valence electrons. The molecule has 1 atom stereocenters. The molecule has 4 N–H and O–H groups in total. The lowest BCUT2D eigenvalue weighted by Gasteiger charge is -2.12. The number of phosphoric acid groups is 1. The van der Waals surface area contributed by atoms with Crippen molar-refractivity contribution in [3.8, 4) is 0 Å². The standard InChI is InChI=1S/C5H9O8P/c6-4(7)2-1-3(5(8)9)13-14(10,11)12/h3H,1-2H2,(H,6,7)(H,8,9)(H2,10,11,12)/t3-/m0/s1. The summed E-state index contributed by atoms with van der Waals surface area (Å²) in [5.74, 6) is -2.89. The minimum absolute atomic E-state index is 0.504. The Balaban J connectivity index is 4.24. The van der Waals surface area contributed by atoms with Gasteiger partial charge in [0.2, 0.25) is 0 Å². The van der Waals surface area contributed by atoms with Crippen LogP contribution < -0.4 is 0 Å². The van der Waals surface area contributed by atoms with Crippen LogP contribution in [0.5, 0.6) is 0 Å². The SMILES string of the molecule is O=C(O)CC[C@H](OP(=O)(O)O)C(=O)O. The summed E-state index contributed by atoms with van der Waals surface area (Å²) in [6.45, 7) is 0. The number of hydrogen-bond donors (Lipinski definition) is 4. The Morgan fingerprint density at radius 2 is 1.79 bits per heavy atom. The molecule has 0 amide bonds. The average molecular weight is 228 g/mol. The van der Waals surface area contributed by atoms with E-state index in [1.165, 1.54) is 0 Å². The molecule has 8 nitrogen and oxygen atoms in total. The molecule has 0 aliphatic heterocycles. The minimum atomic E-state index is -4.91. The second kappa shape index (κ2) is 5.06. The second-order valence-corrected chi connectivity index (χ2v) is 3.55. The number of carbonyl (C=O) groups is 2. The van der Waals surface area contributed by atoms with Crippen LogP contribution in [-0.4, -0.2) is 38.0 Å². The molecule has 0 heterocycles. The number of hydrogen-bond acceptors (Lipinski definition) is 4. The maximum absolute atomic E-state index is 10.3. The lowest BCUT2D eigenvalue weighted by atomic mass is 10.2. The Labute approximate surface area is 78.4 Å². The highest BCUT2D eigenvalue weighted by Gasteiger charge is 2.28. The van der Waals surface area contributed by atoms with Crippen molar-refractivity contribution in [2.24, 2.45) is 0 Å². The summed E-state index contributed by atoms with van der Waals surface area (Å²) in [5, 5.41) is 16.6. The third-order valence-corrected chi connectivity index (χ3v) is 1.69. The van der Waals surface area contributed by atoms with Gasteiger partial charge in [-0.2, -0.15) is 0 Å². The Hall–Kier alpha value is -0.950. The molecule has 0 aromatic heterocycles. The highest BCUT2D eigenvalue weighted by Crippen LogP contribution is 2.38. The molecule has 0 aromatic carbocycles. The zero-order chi connectivity index (χ0) is 11.4. The van der Waals surface area contributed by atoms with Crippen molar-refractivity contribution in [1.82, 2.24) is 0 Å². The first-order valence-electron chi connectivity index (χ1n) is 3.41. The van der Waals surface area contributed by atoms with Gasteiger partial charge in [-0.15, -0.1) is 0 Å². The summed E-state index contributed by atoms with van der Waals surface area (Å²) < 4.78 is 14.1. The minimum Gasteiger partial charge on any atom is -0.481 e. The van der Waals surface area contributed by atoms with E-state index in [0.29, 0.717) is 0 Å².